The fourth-order valence-electron chi connectivity index (χ4n) is 5.09. The van der Waals surface area contributed by atoms with Gasteiger partial charge in [0.05, 0.1) is 30.5 Å². The number of amides is 1. The third-order valence-corrected chi connectivity index (χ3v) is 7.46. The van der Waals surface area contributed by atoms with Crippen molar-refractivity contribution in [3.05, 3.63) is 53.1 Å². The number of carbonyl (C=O) groups is 1. The summed E-state index contributed by atoms with van der Waals surface area (Å²) in [4.78, 5) is 30.2. The van der Waals surface area contributed by atoms with Crippen LogP contribution in [-0.4, -0.2) is 88.7 Å². The summed E-state index contributed by atoms with van der Waals surface area (Å²) < 4.78 is 53.9. The predicted octanol–water partition coefficient (Wildman–Crippen LogP) is 4.28. The van der Waals surface area contributed by atoms with E-state index in [0.717, 1.165) is 5.56 Å². The summed E-state index contributed by atoms with van der Waals surface area (Å²) in [5, 5.41) is 9.33. The number of halogens is 4. The highest BCUT2D eigenvalue weighted by Gasteiger charge is 2.43. The Balaban J connectivity index is 1.37. The van der Waals surface area contributed by atoms with Gasteiger partial charge in [0.1, 0.15) is 24.5 Å². The van der Waals surface area contributed by atoms with Crippen molar-refractivity contribution in [2.75, 3.05) is 44.7 Å². The Labute approximate surface area is 239 Å². The van der Waals surface area contributed by atoms with Crippen LogP contribution in [0, 0.1) is 17.1 Å². The van der Waals surface area contributed by atoms with Gasteiger partial charge >= 0.3 is 12.1 Å². The molecule has 2 aromatic heterocycles. The number of pyridine rings is 1. The zero-order valence-corrected chi connectivity index (χ0v) is 22.9. The van der Waals surface area contributed by atoms with Crippen molar-refractivity contribution >= 4 is 34.4 Å². The van der Waals surface area contributed by atoms with Crippen LogP contribution in [0.5, 0.6) is 6.01 Å². The molecule has 0 spiro atoms. The van der Waals surface area contributed by atoms with Gasteiger partial charge in [-0.05, 0) is 12.6 Å². The Bertz CT molecular complexity index is 1460. The molecule has 10 nitrogen and oxygen atoms in total. The molecule has 0 bridgehead atoms. The number of piperazine rings is 1. The van der Waals surface area contributed by atoms with Gasteiger partial charge in [0.25, 0.3) is 5.92 Å². The second-order valence-corrected chi connectivity index (χ2v) is 10.4. The highest BCUT2D eigenvalue weighted by atomic mass is 35.5. The fraction of sp³-hybridized carbons (Fsp3) is 0.444. The first-order chi connectivity index (χ1) is 19.6. The van der Waals surface area contributed by atoms with Crippen molar-refractivity contribution in [3.63, 3.8) is 0 Å². The highest BCUT2D eigenvalue weighted by molar-refractivity contribution is 6.30. The molecule has 2 aliphatic rings. The number of nitriles is 1. The van der Waals surface area contributed by atoms with E-state index in [1.54, 1.807) is 11.9 Å². The molecule has 2 fully saturated rings. The summed E-state index contributed by atoms with van der Waals surface area (Å²) in [7, 11) is 1.58. The lowest BCUT2D eigenvalue weighted by atomic mass is 10.1. The SMILES string of the molecule is CN1CC(F)(F)C[C@H]1COc1nc(N2CCN(C(=O)OCc3ccccc3)[C@@H](CC#N)C2)c2cnc(Cl)c(F)c2n1. The van der Waals surface area contributed by atoms with Crippen molar-refractivity contribution in [2.24, 2.45) is 0 Å². The molecule has 41 heavy (non-hydrogen) atoms. The number of likely N-dealkylation sites (N-methyl/N-ethyl adjacent to an activating group) is 1. The normalized spacial score (nSPS) is 20.7. The van der Waals surface area contributed by atoms with E-state index in [9.17, 15) is 18.8 Å². The summed E-state index contributed by atoms with van der Waals surface area (Å²) in [5.74, 6) is -3.45. The number of hydrogen-bond acceptors (Lipinski definition) is 9. The maximum Gasteiger partial charge on any atom is 0.410 e. The molecule has 2 aliphatic heterocycles. The molecule has 0 radical (unpaired) electrons. The Hall–Kier alpha value is -3.89. The molecule has 4 heterocycles. The lowest BCUT2D eigenvalue weighted by Gasteiger charge is -2.40. The maximum atomic E-state index is 15.0. The molecule has 5 rings (SSSR count). The van der Waals surface area contributed by atoms with Crippen LogP contribution in [0.1, 0.15) is 18.4 Å². The Kier molecular flexibility index (Phi) is 8.32. The molecule has 0 saturated carbocycles. The minimum absolute atomic E-state index is 0.0178. The summed E-state index contributed by atoms with van der Waals surface area (Å²) in [5.41, 5.74) is 0.689. The number of likely N-dealkylation sites (tertiary alicyclic amines) is 1. The van der Waals surface area contributed by atoms with E-state index in [4.69, 9.17) is 21.1 Å². The number of anilines is 1. The summed E-state index contributed by atoms with van der Waals surface area (Å²) in [6, 6.07) is 10.00. The van der Waals surface area contributed by atoms with Gasteiger partial charge in [-0.25, -0.2) is 22.9 Å². The molecule has 2 saturated heterocycles. The Morgan fingerprint density at radius 3 is 2.71 bits per heavy atom. The molecule has 0 unspecified atom stereocenters. The number of nitrogens with zero attached hydrogens (tertiary/aromatic N) is 7. The number of benzene rings is 1. The number of fused-ring (bicyclic) bond motifs is 1. The van der Waals surface area contributed by atoms with E-state index in [0.29, 0.717) is 0 Å². The Morgan fingerprint density at radius 2 is 2.00 bits per heavy atom. The van der Waals surface area contributed by atoms with Gasteiger partial charge in [0.2, 0.25) is 0 Å². The van der Waals surface area contributed by atoms with Crippen LogP contribution in [0.4, 0.5) is 23.8 Å². The van der Waals surface area contributed by atoms with Crippen LogP contribution >= 0.6 is 11.6 Å². The Morgan fingerprint density at radius 1 is 1.22 bits per heavy atom. The van der Waals surface area contributed by atoms with Crippen molar-refractivity contribution in [1.29, 1.82) is 5.26 Å². The van der Waals surface area contributed by atoms with E-state index in [1.165, 1.54) is 16.0 Å². The molecule has 3 aromatic rings. The van der Waals surface area contributed by atoms with E-state index < -0.39 is 35.1 Å². The predicted molar refractivity (Wildman–Crippen MR) is 143 cm³/mol. The first kappa shape index (κ1) is 28.6. The van der Waals surface area contributed by atoms with Crippen molar-refractivity contribution in [1.82, 2.24) is 24.8 Å². The third-order valence-electron chi connectivity index (χ3n) is 7.19. The van der Waals surface area contributed by atoms with Gasteiger partial charge in [-0.1, -0.05) is 41.9 Å². The van der Waals surface area contributed by atoms with Gasteiger partial charge in [-0.3, -0.25) is 4.90 Å². The number of aromatic nitrogens is 3. The number of rotatable bonds is 7. The lowest BCUT2D eigenvalue weighted by molar-refractivity contribution is 0.0136. The molecule has 2 atom stereocenters. The van der Waals surface area contributed by atoms with Crippen LogP contribution in [0.15, 0.2) is 36.5 Å². The molecule has 1 amide bonds. The molecular formula is C27H27ClF3N7O3. The molecule has 1 aromatic carbocycles. The minimum Gasteiger partial charge on any atom is -0.462 e. The zero-order valence-electron chi connectivity index (χ0n) is 22.1. The summed E-state index contributed by atoms with van der Waals surface area (Å²) >= 11 is 5.92. The molecular weight excluding hydrogens is 563 g/mol. The van der Waals surface area contributed by atoms with E-state index in [1.807, 2.05) is 30.3 Å². The first-order valence-electron chi connectivity index (χ1n) is 13.0. The van der Waals surface area contributed by atoms with Crippen LogP contribution in [0.2, 0.25) is 5.15 Å². The van der Waals surface area contributed by atoms with Crippen LogP contribution in [0.25, 0.3) is 10.9 Å². The molecule has 0 N–H and O–H groups in total. The topological polar surface area (TPSA) is 108 Å². The van der Waals surface area contributed by atoms with Gasteiger partial charge in [-0.2, -0.15) is 15.2 Å². The van der Waals surface area contributed by atoms with E-state index >= 15 is 4.39 Å². The lowest BCUT2D eigenvalue weighted by Crippen LogP contribution is -2.55. The van der Waals surface area contributed by atoms with Crippen LogP contribution in [-0.2, 0) is 11.3 Å². The molecule has 14 heteroatoms. The second-order valence-electron chi connectivity index (χ2n) is 10.1. The van der Waals surface area contributed by atoms with Gasteiger partial charge in [0.15, 0.2) is 11.0 Å². The van der Waals surface area contributed by atoms with Gasteiger partial charge < -0.3 is 19.3 Å². The second kappa shape index (κ2) is 11.9. The monoisotopic (exact) mass is 589 g/mol. The van der Waals surface area contributed by atoms with Gasteiger partial charge in [-0.15, -0.1) is 0 Å². The maximum absolute atomic E-state index is 15.0. The number of ether oxygens (including phenoxy) is 2. The standard InChI is InChI=1S/C27H27ClF3N7O3/c1-36-16-27(30,31)11-19(36)15-40-25-34-22-20(12-33-23(28)21(22)29)24(35-25)37-9-10-38(18(13-37)7-8-32)26(39)41-14-17-5-3-2-4-6-17/h2-6,12,18-19H,7,9-11,13-16H2,1H3/t18-,19-/m0/s1. The van der Waals surface area contributed by atoms with Crippen molar-refractivity contribution in [2.45, 2.75) is 37.5 Å². The van der Waals surface area contributed by atoms with Crippen molar-refractivity contribution in [3.8, 4) is 12.1 Å². The zero-order chi connectivity index (χ0) is 29.1. The molecule has 0 aliphatic carbocycles. The smallest absolute Gasteiger partial charge is 0.410 e. The fourth-order valence-corrected chi connectivity index (χ4v) is 5.23. The van der Waals surface area contributed by atoms with Crippen LogP contribution in [0.3, 0.4) is 0 Å². The average Bonchev–Trinajstić information content (AvgIpc) is 3.23. The summed E-state index contributed by atoms with van der Waals surface area (Å²) in [6.07, 6.45) is 0.420. The number of carbonyl (C=O) groups excluding carboxylic acids is 1. The average molecular weight is 590 g/mol. The number of hydrogen-bond donors (Lipinski definition) is 0. The quantitative estimate of drug-likeness (QED) is 0.373. The first-order valence-corrected chi connectivity index (χ1v) is 13.3. The van der Waals surface area contributed by atoms with Crippen molar-refractivity contribution < 1.29 is 27.4 Å². The highest BCUT2D eigenvalue weighted by Crippen LogP contribution is 2.33. The summed E-state index contributed by atoms with van der Waals surface area (Å²) in [6.45, 7) is 0.225. The van der Waals surface area contributed by atoms with Gasteiger partial charge in [0, 0.05) is 38.3 Å². The van der Waals surface area contributed by atoms with E-state index in [2.05, 4.69) is 21.0 Å². The molecule has 216 valence electrons. The van der Waals surface area contributed by atoms with Crippen LogP contribution < -0.4 is 9.64 Å². The minimum atomic E-state index is -2.83. The third kappa shape index (κ3) is 6.39. The largest absolute Gasteiger partial charge is 0.462 e. The number of alkyl halides is 2. The van der Waals surface area contributed by atoms with E-state index in [-0.39, 0.29) is 75.0 Å².